The molecule has 0 aromatic heterocycles. The van der Waals surface area contributed by atoms with Gasteiger partial charge in [0.05, 0.1) is 6.61 Å². The predicted molar refractivity (Wildman–Crippen MR) is 143 cm³/mol. The van der Waals surface area contributed by atoms with Crippen molar-refractivity contribution in [1.29, 1.82) is 0 Å². The Morgan fingerprint density at radius 2 is 1.03 bits per heavy atom. The molecule has 0 spiro atoms. The van der Waals surface area contributed by atoms with E-state index in [-0.39, 0.29) is 41.3 Å². The lowest BCUT2D eigenvalue weighted by molar-refractivity contribution is -0.135. The Labute approximate surface area is 211 Å². The van der Waals surface area contributed by atoms with Crippen molar-refractivity contribution in [2.45, 2.75) is 115 Å². The molecule has 0 aliphatic carbocycles. The molecule has 0 saturated carbocycles. The Bertz CT molecular complexity index is 533. The first kappa shape index (κ1) is 40.1. The highest BCUT2D eigenvalue weighted by Crippen LogP contribution is 2.19. The molecule has 0 bridgehead atoms. The van der Waals surface area contributed by atoms with Crippen molar-refractivity contribution in [2.75, 3.05) is 34.5 Å². The zero-order chi connectivity index (χ0) is 26.9. The van der Waals surface area contributed by atoms with Gasteiger partial charge in [-0.3, -0.25) is 14.4 Å². The summed E-state index contributed by atoms with van der Waals surface area (Å²) in [5, 5.41) is 0. The third-order valence-corrected chi connectivity index (χ3v) is 4.92. The van der Waals surface area contributed by atoms with Gasteiger partial charge in [-0.1, -0.05) is 76.2 Å². The van der Waals surface area contributed by atoms with Crippen molar-refractivity contribution in [3.8, 4) is 0 Å². The molecule has 1 unspecified atom stereocenters. The summed E-state index contributed by atoms with van der Waals surface area (Å²) in [7, 11) is 4.87. The summed E-state index contributed by atoms with van der Waals surface area (Å²) in [4.78, 5) is 33.9. The molecular weight excluding hydrogens is 432 g/mol. The first-order valence-corrected chi connectivity index (χ1v) is 12.0. The number of Topliss-reactive ketones (excluding diaryl/α,β-unsaturated/α-hetero) is 3. The number of hydrogen-bond donors (Lipinski definition) is 0. The van der Waals surface area contributed by atoms with E-state index in [0.717, 1.165) is 25.9 Å². The van der Waals surface area contributed by atoms with Crippen LogP contribution in [-0.2, 0) is 28.6 Å². The van der Waals surface area contributed by atoms with Gasteiger partial charge in [0.15, 0.2) is 5.78 Å². The zero-order valence-corrected chi connectivity index (χ0v) is 24.0. The molecule has 0 aliphatic rings. The van der Waals surface area contributed by atoms with Crippen LogP contribution in [0.1, 0.15) is 109 Å². The number of methoxy groups -OCH3 is 3. The van der Waals surface area contributed by atoms with Crippen LogP contribution in [0.25, 0.3) is 0 Å². The maximum Gasteiger partial charge on any atom is 0.166 e. The minimum Gasteiger partial charge on any atom is -0.385 e. The Kier molecular flexibility index (Phi) is 23.7. The molecule has 6 heteroatoms. The highest BCUT2D eigenvalue weighted by Gasteiger charge is 2.26. The molecule has 0 aromatic carbocycles. The second kappa shape index (κ2) is 20.1. The van der Waals surface area contributed by atoms with E-state index in [4.69, 9.17) is 14.2 Å². The van der Waals surface area contributed by atoms with Crippen LogP contribution in [0.4, 0.5) is 0 Å². The van der Waals surface area contributed by atoms with E-state index in [0.29, 0.717) is 25.2 Å². The summed E-state index contributed by atoms with van der Waals surface area (Å²) in [6.07, 6.45) is 4.12. The minimum absolute atomic E-state index is 0. The first-order chi connectivity index (χ1) is 14.9. The van der Waals surface area contributed by atoms with E-state index >= 15 is 0 Å². The van der Waals surface area contributed by atoms with Gasteiger partial charge in [-0.25, -0.2) is 0 Å². The third-order valence-electron chi connectivity index (χ3n) is 4.92. The fourth-order valence-corrected chi connectivity index (χ4v) is 2.37. The van der Waals surface area contributed by atoms with Gasteiger partial charge in [0.25, 0.3) is 0 Å². The number of rotatable bonds is 11. The standard InChI is InChI=1S/C11H22O2.2C8H16O2.CH4/c1-11(2,3)10(12)8-6-5-7-9-13-4;1-8(2,3)7(9)5-6-10-4;1-6(10-5)7(9)8(2,3)4;/h5-9H2,1-4H3;5-6H2,1-4H3;6H,1-5H3;1H4. The summed E-state index contributed by atoms with van der Waals surface area (Å²) in [5.74, 6) is 0.772. The summed E-state index contributed by atoms with van der Waals surface area (Å²) in [6.45, 7) is 20.5. The molecule has 34 heavy (non-hydrogen) atoms. The van der Waals surface area contributed by atoms with Crippen molar-refractivity contribution in [2.24, 2.45) is 16.2 Å². The number of carbonyl (C=O) groups is 3. The molecule has 0 saturated heterocycles. The summed E-state index contributed by atoms with van der Waals surface area (Å²) < 4.78 is 14.6. The lowest BCUT2D eigenvalue weighted by Gasteiger charge is -2.20. The molecule has 0 aliphatic heterocycles. The number of ketones is 3. The van der Waals surface area contributed by atoms with E-state index < -0.39 is 0 Å². The van der Waals surface area contributed by atoms with Gasteiger partial charge in [-0.05, 0) is 19.8 Å². The van der Waals surface area contributed by atoms with Crippen molar-refractivity contribution in [3.63, 3.8) is 0 Å². The van der Waals surface area contributed by atoms with Gasteiger partial charge < -0.3 is 14.2 Å². The Morgan fingerprint density at radius 1 is 0.618 bits per heavy atom. The summed E-state index contributed by atoms with van der Waals surface area (Å²) in [6, 6.07) is 0. The van der Waals surface area contributed by atoms with Crippen LogP contribution >= 0.6 is 0 Å². The molecule has 0 fully saturated rings. The van der Waals surface area contributed by atoms with Gasteiger partial charge in [0, 0.05) is 57.0 Å². The molecule has 0 amide bonds. The van der Waals surface area contributed by atoms with Crippen LogP contribution < -0.4 is 0 Å². The van der Waals surface area contributed by atoms with E-state index in [1.807, 2.05) is 62.3 Å². The molecule has 6 nitrogen and oxygen atoms in total. The lowest BCUT2D eigenvalue weighted by Crippen LogP contribution is -2.31. The summed E-state index contributed by atoms with van der Waals surface area (Å²) >= 11 is 0. The Hall–Kier alpha value is -1.11. The highest BCUT2D eigenvalue weighted by atomic mass is 16.5. The number of carbonyl (C=O) groups excluding carboxylic acids is 3. The van der Waals surface area contributed by atoms with Crippen LogP contribution in [0.2, 0.25) is 0 Å². The van der Waals surface area contributed by atoms with Crippen LogP contribution in [0.15, 0.2) is 0 Å². The molecular formula is C28H58O6. The van der Waals surface area contributed by atoms with E-state index in [9.17, 15) is 14.4 Å². The van der Waals surface area contributed by atoms with Crippen molar-refractivity contribution in [3.05, 3.63) is 0 Å². The maximum atomic E-state index is 11.5. The van der Waals surface area contributed by atoms with Crippen LogP contribution in [-0.4, -0.2) is 58.0 Å². The lowest BCUT2D eigenvalue weighted by atomic mass is 9.88. The SMILES string of the molecule is C.COC(C)C(=O)C(C)(C)C.COCCC(=O)C(C)(C)C.COCCCCCC(=O)C(C)(C)C. The number of hydrogen-bond acceptors (Lipinski definition) is 6. The monoisotopic (exact) mass is 490 g/mol. The van der Waals surface area contributed by atoms with Gasteiger partial charge in [-0.2, -0.15) is 0 Å². The molecule has 0 rings (SSSR count). The van der Waals surface area contributed by atoms with Gasteiger partial charge >= 0.3 is 0 Å². The van der Waals surface area contributed by atoms with Crippen LogP contribution in [0.5, 0.6) is 0 Å². The molecule has 0 heterocycles. The number of unbranched alkanes of at least 4 members (excludes halogenated alkanes) is 2. The topological polar surface area (TPSA) is 78.9 Å². The molecule has 0 N–H and O–H groups in total. The van der Waals surface area contributed by atoms with Crippen LogP contribution in [0, 0.1) is 16.2 Å². The fourth-order valence-electron chi connectivity index (χ4n) is 2.37. The molecule has 0 radical (unpaired) electrons. The van der Waals surface area contributed by atoms with Crippen molar-refractivity contribution >= 4 is 17.3 Å². The van der Waals surface area contributed by atoms with Crippen molar-refractivity contribution < 1.29 is 28.6 Å². The average molecular weight is 491 g/mol. The van der Waals surface area contributed by atoms with E-state index in [2.05, 4.69) is 0 Å². The summed E-state index contributed by atoms with van der Waals surface area (Å²) in [5.41, 5.74) is -0.658. The van der Waals surface area contributed by atoms with Gasteiger partial charge in [0.2, 0.25) is 0 Å². The quantitative estimate of drug-likeness (QED) is 0.299. The third kappa shape index (κ3) is 24.0. The zero-order valence-electron chi connectivity index (χ0n) is 24.0. The molecule has 206 valence electrons. The highest BCUT2D eigenvalue weighted by molar-refractivity contribution is 5.87. The fraction of sp³-hybridized carbons (Fsp3) is 0.893. The van der Waals surface area contributed by atoms with E-state index in [1.54, 1.807) is 28.3 Å². The molecule has 0 aromatic rings. The van der Waals surface area contributed by atoms with E-state index in [1.165, 1.54) is 0 Å². The van der Waals surface area contributed by atoms with Crippen molar-refractivity contribution in [1.82, 2.24) is 0 Å². The Morgan fingerprint density at radius 3 is 1.32 bits per heavy atom. The number of ether oxygens (including phenoxy) is 3. The second-order valence-corrected chi connectivity index (χ2v) is 11.4. The Balaban J connectivity index is -0.000000198. The minimum atomic E-state index is -0.282. The van der Waals surface area contributed by atoms with Gasteiger partial charge in [-0.15, -0.1) is 0 Å². The second-order valence-electron chi connectivity index (χ2n) is 11.4. The predicted octanol–water partition coefficient (Wildman–Crippen LogP) is 6.72. The molecule has 1 atom stereocenters. The van der Waals surface area contributed by atoms with Crippen LogP contribution in [0.3, 0.4) is 0 Å². The maximum absolute atomic E-state index is 11.5. The average Bonchev–Trinajstić information content (AvgIpc) is 2.69. The normalized spacial score (nSPS) is 12.3. The first-order valence-electron chi connectivity index (χ1n) is 12.0. The van der Waals surface area contributed by atoms with Gasteiger partial charge in [0.1, 0.15) is 17.7 Å². The largest absolute Gasteiger partial charge is 0.385 e. The smallest absolute Gasteiger partial charge is 0.166 e.